The van der Waals surface area contributed by atoms with Gasteiger partial charge in [-0.25, -0.2) is 0 Å². The van der Waals surface area contributed by atoms with E-state index in [4.69, 9.17) is 9.15 Å². The van der Waals surface area contributed by atoms with Crippen molar-refractivity contribution in [2.45, 2.75) is 13.5 Å². The Morgan fingerprint density at radius 3 is 2.77 bits per heavy atom. The summed E-state index contributed by atoms with van der Waals surface area (Å²) >= 11 is 0. The first kappa shape index (κ1) is 14.1. The third-order valence-corrected chi connectivity index (χ3v) is 3.27. The third-order valence-electron chi connectivity index (χ3n) is 3.27. The number of para-hydroxylation sites is 1. The molecule has 22 heavy (non-hydrogen) atoms. The fourth-order valence-electron chi connectivity index (χ4n) is 2.19. The minimum absolute atomic E-state index is 0.457. The number of anilines is 1. The summed E-state index contributed by atoms with van der Waals surface area (Å²) < 4.78 is 11.0. The number of ether oxygens (including phenoxy) is 1. The Balaban J connectivity index is 1.74. The van der Waals surface area contributed by atoms with Crippen LogP contribution in [0.3, 0.4) is 0 Å². The molecule has 0 radical (unpaired) electrons. The Labute approximate surface area is 129 Å². The predicted molar refractivity (Wildman–Crippen MR) is 84.8 cm³/mol. The molecule has 1 heterocycles. The van der Waals surface area contributed by atoms with Gasteiger partial charge in [0.05, 0.1) is 19.2 Å². The molecule has 0 fully saturated rings. The highest BCUT2D eigenvalue weighted by atomic mass is 16.5. The fraction of sp³-hybridized carbons (Fsp3) is 0.176. The van der Waals surface area contributed by atoms with Crippen LogP contribution < -0.4 is 10.1 Å². The van der Waals surface area contributed by atoms with Crippen LogP contribution in [0.2, 0.25) is 0 Å². The van der Waals surface area contributed by atoms with Crippen LogP contribution in [0.25, 0.3) is 11.5 Å². The second-order valence-electron chi connectivity index (χ2n) is 4.92. The van der Waals surface area contributed by atoms with Crippen LogP contribution in [0.4, 0.5) is 5.69 Å². The number of methoxy groups -OCH3 is 1. The molecule has 5 nitrogen and oxygen atoms in total. The molecule has 0 atom stereocenters. The van der Waals surface area contributed by atoms with Crippen molar-refractivity contribution in [1.82, 2.24) is 10.2 Å². The smallest absolute Gasteiger partial charge is 0.251 e. The Morgan fingerprint density at radius 1 is 1.09 bits per heavy atom. The fourth-order valence-corrected chi connectivity index (χ4v) is 2.19. The van der Waals surface area contributed by atoms with Crippen LogP contribution in [0.15, 0.2) is 52.9 Å². The maximum Gasteiger partial charge on any atom is 0.251 e. The lowest BCUT2D eigenvalue weighted by Gasteiger charge is -2.04. The topological polar surface area (TPSA) is 60.2 Å². The molecule has 0 aliphatic heterocycles. The SMILES string of the molecule is COc1ccccc1-c1nnc(CNc2cccc(C)c2)o1. The molecule has 112 valence electrons. The molecule has 0 aliphatic carbocycles. The van der Waals surface area contributed by atoms with Gasteiger partial charge in [0.15, 0.2) is 0 Å². The quantitative estimate of drug-likeness (QED) is 0.778. The van der Waals surface area contributed by atoms with Gasteiger partial charge in [0, 0.05) is 5.69 Å². The first-order valence-electron chi connectivity index (χ1n) is 7.02. The predicted octanol–water partition coefficient (Wildman–Crippen LogP) is 3.67. The second-order valence-corrected chi connectivity index (χ2v) is 4.92. The maximum absolute atomic E-state index is 5.70. The molecule has 0 saturated heterocycles. The average molecular weight is 295 g/mol. The molecule has 0 unspecified atom stereocenters. The van der Waals surface area contributed by atoms with Crippen LogP contribution in [0, 0.1) is 6.92 Å². The minimum atomic E-state index is 0.457. The molecule has 2 aromatic carbocycles. The molecule has 0 saturated carbocycles. The Bertz CT molecular complexity index is 768. The summed E-state index contributed by atoms with van der Waals surface area (Å²) in [7, 11) is 1.62. The van der Waals surface area contributed by atoms with Crippen molar-refractivity contribution < 1.29 is 9.15 Å². The number of hydrogen-bond acceptors (Lipinski definition) is 5. The first-order chi connectivity index (χ1) is 10.8. The van der Waals surface area contributed by atoms with Gasteiger partial charge >= 0.3 is 0 Å². The summed E-state index contributed by atoms with van der Waals surface area (Å²) in [6.45, 7) is 2.53. The molecule has 0 aliphatic rings. The number of aromatic nitrogens is 2. The zero-order valence-electron chi connectivity index (χ0n) is 12.5. The molecule has 5 heteroatoms. The summed E-state index contributed by atoms with van der Waals surface area (Å²) in [6.07, 6.45) is 0. The van der Waals surface area contributed by atoms with Gasteiger partial charge in [0.2, 0.25) is 5.89 Å². The van der Waals surface area contributed by atoms with E-state index in [0.717, 1.165) is 11.3 Å². The van der Waals surface area contributed by atoms with Crippen molar-refractivity contribution in [3.63, 3.8) is 0 Å². The number of aryl methyl sites for hydroxylation is 1. The molecule has 1 N–H and O–H groups in total. The average Bonchev–Trinajstić information content (AvgIpc) is 3.02. The summed E-state index contributed by atoms with van der Waals surface area (Å²) in [5.41, 5.74) is 3.02. The van der Waals surface area contributed by atoms with Gasteiger partial charge in [-0.05, 0) is 36.8 Å². The van der Waals surface area contributed by atoms with Gasteiger partial charge in [-0.2, -0.15) is 0 Å². The van der Waals surface area contributed by atoms with Crippen LogP contribution in [0.1, 0.15) is 11.5 Å². The highest BCUT2D eigenvalue weighted by molar-refractivity contribution is 5.62. The summed E-state index contributed by atoms with van der Waals surface area (Å²) in [5, 5.41) is 11.4. The first-order valence-corrected chi connectivity index (χ1v) is 7.02. The van der Waals surface area contributed by atoms with Crippen LogP contribution in [-0.4, -0.2) is 17.3 Å². The molecule has 0 bridgehead atoms. The van der Waals surface area contributed by atoms with E-state index in [-0.39, 0.29) is 0 Å². The zero-order valence-corrected chi connectivity index (χ0v) is 12.5. The molecule has 3 rings (SSSR count). The van der Waals surface area contributed by atoms with Crippen molar-refractivity contribution in [2.75, 3.05) is 12.4 Å². The van der Waals surface area contributed by atoms with E-state index in [0.29, 0.717) is 24.1 Å². The number of hydrogen-bond donors (Lipinski definition) is 1. The van der Waals surface area contributed by atoms with E-state index >= 15 is 0 Å². The maximum atomic E-state index is 5.70. The second kappa shape index (κ2) is 6.30. The van der Waals surface area contributed by atoms with Gasteiger partial charge in [-0.15, -0.1) is 10.2 Å². The third kappa shape index (κ3) is 3.09. The van der Waals surface area contributed by atoms with Gasteiger partial charge < -0.3 is 14.5 Å². The Kier molecular flexibility index (Phi) is 4.05. The number of nitrogens with zero attached hydrogens (tertiary/aromatic N) is 2. The Hall–Kier alpha value is -2.82. The van der Waals surface area contributed by atoms with Crippen molar-refractivity contribution in [3.8, 4) is 17.2 Å². The number of nitrogens with one attached hydrogen (secondary N) is 1. The van der Waals surface area contributed by atoms with E-state index in [9.17, 15) is 0 Å². The van der Waals surface area contributed by atoms with E-state index in [1.807, 2.05) is 36.4 Å². The van der Waals surface area contributed by atoms with Gasteiger partial charge in [-0.1, -0.05) is 24.3 Å². The monoisotopic (exact) mass is 295 g/mol. The molecule has 0 amide bonds. The minimum Gasteiger partial charge on any atom is -0.496 e. The van der Waals surface area contributed by atoms with E-state index in [2.05, 4.69) is 34.6 Å². The number of benzene rings is 2. The van der Waals surface area contributed by atoms with Crippen molar-refractivity contribution in [3.05, 3.63) is 60.0 Å². The van der Waals surface area contributed by atoms with Crippen molar-refractivity contribution >= 4 is 5.69 Å². The lowest BCUT2D eigenvalue weighted by Crippen LogP contribution is -1.99. The lowest BCUT2D eigenvalue weighted by molar-refractivity contribution is 0.413. The highest BCUT2D eigenvalue weighted by Gasteiger charge is 2.12. The van der Waals surface area contributed by atoms with Crippen LogP contribution in [0.5, 0.6) is 5.75 Å². The van der Waals surface area contributed by atoms with E-state index < -0.39 is 0 Å². The molecule has 1 aromatic heterocycles. The lowest BCUT2D eigenvalue weighted by atomic mass is 10.2. The summed E-state index contributed by atoms with van der Waals surface area (Å²) in [6, 6.07) is 15.7. The highest BCUT2D eigenvalue weighted by Crippen LogP contribution is 2.28. The normalized spacial score (nSPS) is 10.5. The van der Waals surface area contributed by atoms with Gasteiger partial charge in [0.1, 0.15) is 5.75 Å². The standard InChI is InChI=1S/C17H17N3O2/c1-12-6-5-7-13(10-12)18-11-16-19-20-17(22-16)14-8-3-4-9-15(14)21-2/h3-10,18H,11H2,1-2H3. The summed E-state index contributed by atoms with van der Waals surface area (Å²) in [5.74, 6) is 1.70. The molecular weight excluding hydrogens is 278 g/mol. The van der Waals surface area contributed by atoms with E-state index in [1.54, 1.807) is 7.11 Å². The molecule has 3 aromatic rings. The summed E-state index contributed by atoms with van der Waals surface area (Å²) in [4.78, 5) is 0. The van der Waals surface area contributed by atoms with Gasteiger partial charge in [-0.3, -0.25) is 0 Å². The largest absolute Gasteiger partial charge is 0.496 e. The number of rotatable bonds is 5. The van der Waals surface area contributed by atoms with Gasteiger partial charge in [0.25, 0.3) is 5.89 Å². The zero-order chi connectivity index (χ0) is 15.4. The van der Waals surface area contributed by atoms with Crippen molar-refractivity contribution in [2.24, 2.45) is 0 Å². The van der Waals surface area contributed by atoms with Crippen molar-refractivity contribution in [1.29, 1.82) is 0 Å². The Morgan fingerprint density at radius 2 is 1.95 bits per heavy atom. The molecule has 0 spiro atoms. The van der Waals surface area contributed by atoms with Crippen LogP contribution in [-0.2, 0) is 6.54 Å². The molecular formula is C17H17N3O2. The van der Waals surface area contributed by atoms with E-state index in [1.165, 1.54) is 5.56 Å². The van der Waals surface area contributed by atoms with Crippen LogP contribution >= 0.6 is 0 Å².